The lowest BCUT2D eigenvalue weighted by atomic mass is 10.0. The van der Waals surface area contributed by atoms with Crippen LogP contribution in [0.15, 0.2) is 82.4 Å². The van der Waals surface area contributed by atoms with E-state index in [1.54, 1.807) is 43.0 Å². The number of sulfonamides is 1. The largest absolute Gasteiger partial charge is 0.497 e. The van der Waals surface area contributed by atoms with Gasteiger partial charge in [0, 0.05) is 18.8 Å². The van der Waals surface area contributed by atoms with E-state index < -0.39 is 16.1 Å². The van der Waals surface area contributed by atoms with E-state index in [1.807, 2.05) is 35.7 Å². The number of hydrogen-bond donors (Lipinski definition) is 0. The first kappa shape index (κ1) is 19.7. The molecule has 1 unspecified atom stereocenters. The molecule has 0 N–H and O–H groups in total. The van der Waals surface area contributed by atoms with Gasteiger partial charge in [-0.2, -0.15) is 17.9 Å². The molecule has 0 amide bonds. The molecule has 0 spiro atoms. The third-order valence-electron chi connectivity index (χ3n) is 5.16. The average Bonchev–Trinajstić information content (AvgIpc) is 3.49. The molecule has 2 aromatic carbocycles. The Hall–Kier alpha value is -3.30. The molecular formula is C22H18N4O3S2. The number of hydrazone groups is 1. The van der Waals surface area contributed by atoms with Crippen molar-refractivity contribution >= 4 is 38.1 Å². The summed E-state index contributed by atoms with van der Waals surface area (Å²) in [6, 6.07) is 15.4. The maximum Gasteiger partial charge on any atom is 0.279 e. The smallest absolute Gasteiger partial charge is 0.279 e. The minimum Gasteiger partial charge on any atom is -0.497 e. The molecule has 1 aliphatic heterocycles. The fourth-order valence-corrected chi connectivity index (χ4v) is 5.75. The lowest BCUT2D eigenvalue weighted by Crippen LogP contribution is -2.27. The van der Waals surface area contributed by atoms with Gasteiger partial charge in [0.1, 0.15) is 5.75 Å². The molecule has 1 aliphatic rings. The lowest BCUT2D eigenvalue weighted by Gasteiger charge is -2.23. The summed E-state index contributed by atoms with van der Waals surface area (Å²) in [7, 11) is -2.34. The van der Waals surface area contributed by atoms with E-state index in [0.29, 0.717) is 17.7 Å². The summed E-state index contributed by atoms with van der Waals surface area (Å²) in [4.78, 5) is 9.79. The van der Waals surface area contributed by atoms with Crippen molar-refractivity contribution in [3.05, 3.63) is 82.8 Å². The van der Waals surface area contributed by atoms with E-state index in [4.69, 9.17) is 4.74 Å². The Morgan fingerprint density at radius 1 is 1.03 bits per heavy atom. The Morgan fingerprint density at radius 2 is 1.81 bits per heavy atom. The van der Waals surface area contributed by atoms with Crippen molar-refractivity contribution < 1.29 is 13.2 Å². The quantitative estimate of drug-likeness (QED) is 0.454. The maximum atomic E-state index is 13.6. The number of ether oxygens (including phenoxy) is 1. The highest BCUT2D eigenvalue weighted by Crippen LogP contribution is 2.38. The Labute approximate surface area is 183 Å². The van der Waals surface area contributed by atoms with Crippen LogP contribution in [0.3, 0.4) is 0 Å². The number of hydrogen-bond acceptors (Lipinski definition) is 7. The Morgan fingerprint density at radius 3 is 2.52 bits per heavy atom. The topological polar surface area (TPSA) is 84.8 Å². The summed E-state index contributed by atoms with van der Waals surface area (Å²) < 4.78 is 33.5. The maximum absolute atomic E-state index is 13.6. The summed E-state index contributed by atoms with van der Waals surface area (Å²) in [6.45, 7) is 0. The first-order valence-corrected chi connectivity index (χ1v) is 11.9. The molecule has 7 nitrogen and oxygen atoms in total. The first-order chi connectivity index (χ1) is 15.1. The van der Waals surface area contributed by atoms with Crippen molar-refractivity contribution in [2.45, 2.75) is 17.4 Å². The van der Waals surface area contributed by atoms with Crippen molar-refractivity contribution in [3.63, 3.8) is 0 Å². The Balaban J connectivity index is 1.60. The van der Waals surface area contributed by atoms with Crippen molar-refractivity contribution in [1.29, 1.82) is 0 Å². The summed E-state index contributed by atoms with van der Waals surface area (Å²) >= 11 is 1.54. The van der Waals surface area contributed by atoms with Gasteiger partial charge < -0.3 is 4.74 Å². The monoisotopic (exact) mass is 450 g/mol. The zero-order valence-corrected chi connectivity index (χ0v) is 18.2. The summed E-state index contributed by atoms with van der Waals surface area (Å²) in [5.41, 5.74) is 3.04. The molecule has 3 heterocycles. The number of aromatic nitrogens is 2. The van der Waals surface area contributed by atoms with Crippen LogP contribution >= 0.6 is 11.3 Å². The van der Waals surface area contributed by atoms with Gasteiger partial charge in [0.15, 0.2) is 0 Å². The van der Waals surface area contributed by atoms with Crippen LogP contribution in [0.5, 0.6) is 5.75 Å². The minimum absolute atomic E-state index is 0.162. The molecule has 0 radical (unpaired) electrons. The van der Waals surface area contributed by atoms with E-state index in [1.165, 1.54) is 16.5 Å². The molecule has 4 aromatic rings. The molecule has 0 saturated carbocycles. The van der Waals surface area contributed by atoms with Gasteiger partial charge in [0.05, 0.1) is 39.7 Å². The third kappa shape index (κ3) is 3.55. The minimum atomic E-state index is -3.88. The van der Waals surface area contributed by atoms with E-state index in [-0.39, 0.29) is 4.90 Å². The molecule has 2 aromatic heterocycles. The summed E-state index contributed by atoms with van der Waals surface area (Å²) in [6.07, 6.45) is 3.73. The molecule has 0 fully saturated rings. The van der Waals surface area contributed by atoms with Gasteiger partial charge in [0.25, 0.3) is 10.0 Å². The predicted octanol–water partition coefficient (Wildman–Crippen LogP) is 4.24. The highest BCUT2D eigenvalue weighted by molar-refractivity contribution is 7.89. The normalized spacial score (nSPS) is 16.5. The lowest BCUT2D eigenvalue weighted by molar-refractivity contribution is 0.371. The molecular weight excluding hydrogens is 432 g/mol. The first-order valence-electron chi connectivity index (χ1n) is 9.57. The van der Waals surface area contributed by atoms with Crippen molar-refractivity contribution in [2.24, 2.45) is 5.10 Å². The molecule has 0 bridgehead atoms. The van der Waals surface area contributed by atoms with E-state index >= 15 is 0 Å². The molecule has 0 saturated heterocycles. The van der Waals surface area contributed by atoms with Crippen molar-refractivity contribution in [1.82, 2.24) is 14.4 Å². The second kappa shape index (κ2) is 7.75. The molecule has 9 heteroatoms. The van der Waals surface area contributed by atoms with Crippen molar-refractivity contribution in [2.75, 3.05) is 7.11 Å². The fourth-order valence-electron chi connectivity index (χ4n) is 3.59. The van der Waals surface area contributed by atoms with Crippen LogP contribution < -0.4 is 4.74 Å². The Bertz CT molecular complexity index is 1370. The average molecular weight is 451 g/mol. The van der Waals surface area contributed by atoms with Gasteiger partial charge in [0.2, 0.25) is 0 Å². The van der Waals surface area contributed by atoms with E-state index in [2.05, 4.69) is 15.1 Å². The van der Waals surface area contributed by atoms with Gasteiger partial charge in [-0.25, -0.2) is 0 Å². The van der Waals surface area contributed by atoms with E-state index in [9.17, 15) is 8.42 Å². The molecule has 31 heavy (non-hydrogen) atoms. The van der Waals surface area contributed by atoms with Gasteiger partial charge in [-0.05, 0) is 53.4 Å². The zero-order valence-electron chi connectivity index (χ0n) is 16.5. The number of nitrogens with zero attached hydrogens (tertiary/aromatic N) is 4. The standard InChI is InChI=1S/C22H18N4O3S2/c1-29-16-5-7-17(8-6-16)31(27,28)26-21(14-20(25-26)22-3-2-12-30-22)15-4-9-18-19(13-15)24-11-10-23-18/h2-13,21H,14H2,1H3. The van der Waals surface area contributed by atoms with Crippen LogP contribution in [0.2, 0.25) is 0 Å². The van der Waals surface area contributed by atoms with Crippen LogP contribution in [0.4, 0.5) is 0 Å². The molecule has 156 valence electrons. The van der Waals surface area contributed by atoms with Gasteiger partial charge >= 0.3 is 0 Å². The number of rotatable bonds is 5. The van der Waals surface area contributed by atoms with Crippen LogP contribution in [0.1, 0.15) is 22.9 Å². The summed E-state index contributed by atoms with van der Waals surface area (Å²) in [5.74, 6) is 0.591. The number of benzene rings is 2. The van der Waals surface area contributed by atoms with E-state index in [0.717, 1.165) is 21.7 Å². The number of fused-ring (bicyclic) bond motifs is 1. The van der Waals surface area contributed by atoms with Crippen LogP contribution in [0, 0.1) is 0 Å². The number of thiophene rings is 1. The molecule has 5 rings (SSSR count). The van der Waals surface area contributed by atoms with Crippen LogP contribution in [-0.4, -0.2) is 35.6 Å². The third-order valence-corrected chi connectivity index (χ3v) is 7.78. The molecule has 1 atom stereocenters. The number of methoxy groups -OCH3 is 1. The van der Waals surface area contributed by atoms with Gasteiger partial charge in [-0.15, -0.1) is 11.3 Å². The second-order valence-electron chi connectivity index (χ2n) is 7.00. The second-order valence-corrected chi connectivity index (χ2v) is 9.74. The van der Waals surface area contributed by atoms with Crippen molar-refractivity contribution in [3.8, 4) is 5.75 Å². The Kier molecular flexibility index (Phi) is 4.91. The highest BCUT2D eigenvalue weighted by atomic mass is 32.2. The molecule has 0 aliphatic carbocycles. The predicted molar refractivity (Wildman–Crippen MR) is 120 cm³/mol. The zero-order chi connectivity index (χ0) is 21.4. The van der Waals surface area contributed by atoms with Gasteiger partial charge in [-0.3, -0.25) is 9.97 Å². The van der Waals surface area contributed by atoms with Gasteiger partial charge in [-0.1, -0.05) is 12.1 Å². The summed E-state index contributed by atoms with van der Waals surface area (Å²) in [5, 5.41) is 6.52. The SMILES string of the molecule is COc1ccc(S(=O)(=O)N2N=C(c3cccs3)CC2c2ccc3nccnc3c2)cc1. The van der Waals surface area contributed by atoms with Crippen LogP contribution in [0.25, 0.3) is 11.0 Å². The van der Waals surface area contributed by atoms with Crippen LogP contribution in [-0.2, 0) is 10.0 Å². The highest BCUT2D eigenvalue weighted by Gasteiger charge is 2.38. The fraction of sp³-hybridized carbons (Fsp3) is 0.136.